The number of rotatable bonds is 3. The molecule has 0 amide bonds. The predicted molar refractivity (Wildman–Crippen MR) is 80.3 cm³/mol. The molecule has 1 fully saturated rings. The Morgan fingerprint density at radius 1 is 1.30 bits per heavy atom. The van der Waals surface area contributed by atoms with Crippen LogP contribution in [0.1, 0.15) is 36.2 Å². The minimum absolute atomic E-state index is 0.246. The number of Topliss-reactive ketones (excluding diaryl/α,β-unsaturated/α-hetero) is 1. The van der Waals surface area contributed by atoms with Crippen molar-refractivity contribution in [3.8, 4) is 5.75 Å². The quantitative estimate of drug-likeness (QED) is 0.627. The molecule has 3 rings (SSSR count). The van der Waals surface area contributed by atoms with Gasteiger partial charge in [0.05, 0.1) is 32.0 Å². The highest BCUT2D eigenvalue weighted by Gasteiger charge is 2.37. The van der Waals surface area contributed by atoms with Crippen LogP contribution < -0.4 is 4.74 Å². The van der Waals surface area contributed by atoms with Crippen LogP contribution >= 0.6 is 0 Å². The van der Waals surface area contributed by atoms with Crippen molar-refractivity contribution in [3.63, 3.8) is 0 Å². The average Bonchev–Trinajstić information content (AvgIpc) is 2.92. The van der Waals surface area contributed by atoms with E-state index in [0.29, 0.717) is 37.6 Å². The van der Waals surface area contributed by atoms with E-state index in [1.807, 2.05) is 13.0 Å². The van der Waals surface area contributed by atoms with Gasteiger partial charge in [0.25, 0.3) is 0 Å². The van der Waals surface area contributed by atoms with E-state index < -0.39 is 17.7 Å². The summed E-state index contributed by atoms with van der Waals surface area (Å²) < 4.78 is 21.9. The molecule has 6 nitrogen and oxygen atoms in total. The number of ketones is 1. The van der Waals surface area contributed by atoms with Gasteiger partial charge in [-0.1, -0.05) is 0 Å². The Bertz CT molecular complexity index is 618. The van der Waals surface area contributed by atoms with Crippen LogP contribution in [0.4, 0.5) is 0 Å². The van der Waals surface area contributed by atoms with E-state index >= 15 is 0 Å². The van der Waals surface area contributed by atoms with Crippen molar-refractivity contribution in [1.82, 2.24) is 0 Å². The second kappa shape index (κ2) is 6.29. The molecule has 23 heavy (non-hydrogen) atoms. The van der Waals surface area contributed by atoms with Gasteiger partial charge in [0.15, 0.2) is 11.6 Å². The number of ether oxygens (including phenoxy) is 4. The Morgan fingerprint density at radius 2 is 2.04 bits per heavy atom. The molecule has 0 spiro atoms. The number of fused-ring (bicyclic) bond motifs is 1. The van der Waals surface area contributed by atoms with Gasteiger partial charge in [-0.15, -0.1) is 0 Å². The van der Waals surface area contributed by atoms with Gasteiger partial charge in [0.1, 0.15) is 11.7 Å². The van der Waals surface area contributed by atoms with E-state index in [-0.39, 0.29) is 12.4 Å². The molecule has 1 unspecified atom stereocenters. The van der Waals surface area contributed by atoms with E-state index in [1.165, 1.54) is 0 Å². The van der Waals surface area contributed by atoms with Gasteiger partial charge >= 0.3 is 5.97 Å². The molecule has 1 atom stereocenters. The Balaban J connectivity index is 1.95. The summed E-state index contributed by atoms with van der Waals surface area (Å²) in [5.41, 5.74) is 1.11. The van der Waals surface area contributed by atoms with Gasteiger partial charge in [-0.25, -0.2) is 0 Å². The maximum Gasteiger partial charge on any atom is 0.316 e. The van der Waals surface area contributed by atoms with Crippen molar-refractivity contribution in [2.45, 2.75) is 26.1 Å². The zero-order valence-electron chi connectivity index (χ0n) is 13.3. The van der Waals surface area contributed by atoms with Gasteiger partial charge in [-0.2, -0.15) is 0 Å². The number of hydrogen-bond donors (Lipinski definition) is 0. The lowest BCUT2D eigenvalue weighted by Gasteiger charge is -2.23. The average molecular weight is 320 g/mol. The van der Waals surface area contributed by atoms with Gasteiger partial charge < -0.3 is 18.9 Å². The first-order valence-corrected chi connectivity index (χ1v) is 7.81. The molecule has 2 aliphatic rings. The van der Waals surface area contributed by atoms with Crippen LogP contribution in [-0.4, -0.2) is 38.2 Å². The van der Waals surface area contributed by atoms with Crippen LogP contribution in [0, 0.1) is 5.92 Å². The van der Waals surface area contributed by atoms with E-state index in [4.69, 9.17) is 18.9 Å². The molecule has 1 aromatic carbocycles. The molecule has 6 heteroatoms. The normalized spacial score (nSPS) is 22.9. The summed E-state index contributed by atoms with van der Waals surface area (Å²) >= 11 is 0. The molecule has 0 N–H and O–H groups in total. The second-order valence-corrected chi connectivity index (χ2v) is 5.66. The summed E-state index contributed by atoms with van der Waals surface area (Å²) in [6.07, 6.45) is 0.311. The summed E-state index contributed by atoms with van der Waals surface area (Å²) in [6.45, 7) is 5.08. The fourth-order valence-electron chi connectivity index (χ4n) is 2.89. The standard InChI is InChI=1S/C17H20O6/c1-3-20-16(19)12-6-7-21-14-5-4-11(10-13(14)15(12)18)17(2)22-8-9-23-17/h4-5,10,12H,3,6-9H2,1-2H3. The van der Waals surface area contributed by atoms with Gasteiger partial charge in [0.2, 0.25) is 0 Å². The zero-order chi connectivity index (χ0) is 16.4. The molecular weight excluding hydrogens is 300 g/mol. The van der Waals surface area contributed by atoms with Crippen molar-refractivity contribution in [1.29, 1.82) is 0 Å². The molecule has 2 heterocycles. The molecule has 1 aromatic rings. The zero-order valence-corrected chi connectivity index (χ0v) is 13.3. The lowest BCUT2D eigenvalue weighted by Crippen LogP contribution is -2.27. The van der Waals surface area contributed by atoms with Crippen LogP contribution in [0.3, 0.4) is 0 Å². The first-order valence-electron chi connectivity index (χ1n) is 7.81. The van der Waals surface area contributed by atoms with Crippen molar-refractivity contribution >= 4 is 11.8 Å². The summed E-state index contributed by atoms with van der Waals surface area (Å²) in [5, 5.41) is 0. The molecule has 0 bridgehead atoms. The minimum atomic E-state index is -0.874. The second-order valence-electron chi connectivity index (χ2n) is 5.66. The molecule has 124 valence electrons. The maximum atomic E-state index is 12.8. The van der Waals surface area contributed by atoms with E-state index in [1.54, 1.807) is 19.1 Å². The van der Waals surface area contributed by atoms with Crippen LogP contribution in [0.5, 0.6) is 5.75 Å². The van der Waals surface area contributed by atoms with Crippen molar-refractivity contribution in [2.75, 3.05) is 26.4 Å². The summed E-state index contributed by atoms with van der Waals surface area (Å²) in [5.74, 6) is -2.00. The number of hydrogen-bond acceptors (Lipinski definition) is 6. The number of esters is 1. The highest BCUT2D eigenvalue weighted by molar-refractivity contribution is 6.10. The Morgan fingerprint density at radius 3 is 2.74 bits per heavy atom. The molecule has 1 saturated heterocycles. The van der Waals surface area contributed by atoms with Gasteiger partial charge in [-0.05, 0) is 32.0 Å². The highest BCUT2D eigenvalue weighted by Crippen LogP contribution is 2.35. The molecule has 0 saturated carbocycles. The number of benzene rings is 1. The maximum absolute atomic E-state index is 12.8. The summed E-state index contributed by atoms with van der Waals surface area (Å²) in [4.78, 5) is 24.8. The number of carbonyl (C=O) groups is 2. The lowest BCUT2D eigenvalue weighted by atomic mass is 9.93. The van der Waals surface area contributed by atoms with E-state index in [9.17, 15) is 9.59 Å². The topological polar surface area (TPSA) is 71.1 Å². The molecule has 0 aromatic heterocycles. The summed E-state index contributed by atoms with van der Waals surface area (Å²) in [7, 11) is 0. The van der Waals surface area contributed by atoms with Crippen LogP contribution in [0.2, 0.25) is 0 Å². The fraction of sp³-hybridized carbons (Fsp3) is 0.529. The Kier molecular flexibility index (Phi) is 4.37. The van der Waals surface area contributed by atoms with Crippen molar-refractivity contribution in [3.05, 3.63) is 29.3 Å². The summed E-state index contributed by atoms with van der Waals surface area (Å²) in [6, 6.07) is 5.25. The minimum Gasteiger partial charge on any atom is -0.493 e. The van der Waals surface area contributed by atoms with E-state index in [0.717, 1.165) is 5.56 Å². The molecule has 0 aliphatic carbocycles. The third-order valence-electron chi connectivity index (χ3n) is 4.16. The Labute approximate surface area is 134 Å². The van der Waals surface area contributed by atoms with Crippen LogP contribution in [-0.2, 0) is 24.8 Å². The van der Waals surface area contributed by atoms with Gasteiger partial charge in [-0.3, -0.25) is 9.59 Å². The number of carbonyl (C=O) groups excluding carboxylic acids is 2. The van der Waals surface area contributed by atoms with Crippen molar-refractivity contribution < 1.29 is 28.5 Å². The molecule has 2 aliphatic heterocycles. The molecule has 0 radical (unpaired) electrons. The molecular formula is C17H20O6. The third-order valence-corrected chi connectivity index (χ3v) is 4.16. The first-order chi connectivity index (χ1) is 11.0. The van der Waals surface area contributed by atoms with E-state index in [2.05, 4.69) is 0 Å². The van der Waals surface area contributed by atoms with Crippen LogP contribution in [0.15, 0.2) is 18.2 Å². The largest absolute Gasteiger partial charge is 0.493 e. The van der Waals surface area contributed by atoms with Gasteiger partial charge in [0, 0.05) is 12.0 Å². The van der Waals surface area contributed by atoms with Crippen molar-refractivity contribution in [2.24, 2.45) is 5.92 Å². The monoisotopic (exact) mass is 320 g/mol. The predicted octanol–water partition coefficient (Wildman–Crippen LogP) is 2.05. The first kappa shape index (κ1) is 16.0. The highest BCUT2D eigenvalue weighted by atomic mass is 16.7. The SMILES string of the molecule is CCOC(=O)C1CCOc2ccc(C3(C)OCCO3)cc2C1=O. The lowest BCUT2D eigenvalue weighted by molar-refractivity contribution is -0.149. The van der Waals surface area contributed by atoms with Crippen LogP contribution in [0.25, 0.3) is 0 Å². The fourth-order valence-corrected chi connectivity index (χ4v) is 2.89. The smallest absolute Gasteiger partial charge is 0.316 e. The Hall–Kier alpha value is -1.92. The third kappa shape index (κ3) is 2.96.